The van der Waals surface area contributed by atoms with Crippen LogP contribution in [-0.2, 0) is 14.8 Å². The summed E-state index contributed by atoms with van der Waals surface area (Å²) in [5.74, 6) is -1.81. The van der Waals surface area contributed by atoms with Gasteiger partial charge in [0.15, 0.2) is 5.75 Å². The predicted molar refractivity (Wildman–Crippen MR) is 46.8 cm³/mol. The van der Waals surface area contributed by atoms with E-state index in [2.05, 4.69) is 0 Å². The van der Waals surface area contributed by atoms with E-state index in [1.165, 1.54) is 6.07 Å². The first-order valence-electron chi connectivity index (χ1n) is 4.08. The van der Waals surface area contributed by atoms with Crippen molar-refractivity contribution in [3.8, 4) is 6.07 Å². The number of rotatable bonds is 3. The summed E-state index contributed by atoms with van der Waals surface area (Å²) >= 11 is 0. The van der Waals surface area contributed by atoms with Crippen LogP contribution in [0.1, 0.15) is 12.8 Å². The molecule has 0 amide bonds. The average Bonchev–Trinajstić information content (AvgIpc) is 2.51. The van der Waals surface area contributed by atoms with Crippen molar-refractivity contribution >= 4 is 16.0 Å². The monoisotopic (exact) mass is 218 g/mol. The van der Waals surface area contributed by atoms with Crippen LogP contribution in [0.4, 0.5) is 0 Å². The second kappa shape index (κ2) is 3.94. The zero-order valence-electron chi connectivity index (χ0n) is 7.38. The highest BCUT2D eigenvalue weighted by Crippen LogP contribution is 2.21. The normalized spacial score (nSPS) is 23.2. The van der Waals surface area contributed by atoms with Gasteiger partial charge in [0.05, 0.1) is 6.07 Å². The van der Waals surface area contributed by atoms with Gasteiger partial charge in [-0.3, -0.25) is 4.79 Å². The van der Waals surface area contributed by atoms with E-state index in [9.17, 15) is 13.2 Å². The number of nitrogens with zero attached hydrogens (tertiary/aromatic N) is 2. The topological polar surface area (TPSA) is 98.5 Å². The maximum absolute atomic E-state index is 11.4. The first kappa shape index (κ1) is 10.9. The first-order valence-corrected chi connectivity index (χ1v) is 5.69. The SMILES string of the molecule is N#CCS(=O)(=O)N1CCC[C@H]1C(=O)O. The molecule has 1 aliphatic rings. The van der Waals surface area contributed by atoms with Crippen molar-refractivity contribution in [2.24, 2.45) is 0 Å². The van der Waals surface area contributed by atoms with Gasteiger partial charge in [-0.05, 0) is 12.8 Å². The highest BCUT2D eigenvalue weighted by atomic mass is 32.2. The number of carbonyl (C=O) groups is 1. The fourth-order valence-electron chi connectivity index (χ4n) is 1.48. The van der Waals surface area contributed by atoms with E-state index in [-0.39, 0.29) is 6.54 Å². The summed E-state index contributed by atoms with van der Waals surface area (Å²) in [6, 6.07) is 0.530. The second-order valence-electron chi connectivity index (χ2n) is 3.02. The third-order valence-electron chi connectivity index (χ3n) is 2.09. The van der Waals surface area contributed by atoms with Crippen molar-refractivity contribution in [3.63, 3.8) is 0 Å². The lowest BCUT2D eigenvalue weighted by molar-refractivity contribution is -0.140. The van der Waals surface area contributed by atoms with Crippen LogP contribution < -0.4 is 0 Å². The van der Waals surface area contributed by atoms with Crippen molar-refractivity contribution in [1.29, 1.82) is 5.26 Å². The molecule has 0 radical (unpaired) electrons. The van der Waals surface area contributed by atoms with Crippen molar-refractivity contribution in [2.75, 3.05) is 12.3 Å². The molecule has 14 heavy (non-hydrogen) atoms. The first-order chi connectivity index (χ1) is 6.49. The van der Waals surface area contributed by atoms with Gasteiger partial charge >= 0.3 is 5.97 Å². The largest absolute Gasteiger partial charge is 0.480 e. The van der Waals surface area contributed by atoms with Gasteiger partial charge in [0.1, 0.15) is 6.04 Å². The number of sulfonamides is 1. The Morgan fingerprint density at radius 3 is 2.79 bits per heavy atom. The van der Waals surface area contributed by atoms with Gasteiger partial charge in [0, 0.05) is 6.54 Å². The summed E-state index contributed by atoms with van der Waals surface area (Å²) in [5.41, 5.74) is 0. The highest BCUT2D eigenvalue weighted by Gasteiger charge is 2.38. The molecule has 78 valence electrons. The maximum Gasteiger partial charge on any atom is 0.322 e. The number of aliphatic carboxylic acids is 1. The minimum absolute atomic E-state index is 0.195. The molecule has 1 N–H and O–H groups in total. The lowest BCUT2D eigenvalue weighted by Crippen LogP contribution is -2.41. The van der Waals surface area contributed by atoms with Gasteiger partial charge in [-0.15, -0.1) is 0 Å². The lowest BCUT2D eigenvalue weighted by atomic mass is 10.2. The fraction of sp³-hybridized carbons (Fsp3) is 0.714. The van der Waals surface area contributed by atoms with E-state index in [0.717, 1.165) is 4.31 Å². The third-order valence-corrected chi connectivity index (χ3v) is 3.74. The Morgan fingerprint density at radius 1 is 1.64 bits per heavy atom. The molecule has 7 heteroatoms. The van der Waals surface area contributed by atoms with E-state index >= 15 is 0 Å². The molecule has 0 saturated carbocycles. The maximum atomic E-state index is 11.4. The molecule has 0 unspecified atom stereocenters. The summed E-state index contributed by atoms with van der Waals surface area (Å²) in [7, 11) is -3.71. The molecule has 1 aliphatic heterocycles. The van der Waals surface area contributed by atoms with E-state index < -0.39 is 27.8 Å². The highest BCUT2D eigenvalue weighted by molar-refractivity contribution is 7.89. The Morgan fingerprint density at radius 2 is 2.29 bits per heavy atom. The van der Waals surface area contributed by atoms with Crippen molar-refractivity contribution in [3.05, 3.63) is 0 Å². The molecule has 0 spiro atoms. The van der Waals surface area contributed by atoms with Gasteiger partial charge in [-0.2, -0.15) is 9.57 Å². The van der Waals surface area contributed by atoms with E-state index in [0.29, 0.717) is 12.8 Å². The van der Waals surface area contributed by atoms with E-state index in [4.69, 9.17) is 10.4 Å². The smallest absolute Gasteiger partial charge is 0.322 e. The molecule has 0 aliphatic carbocycles. The number of carboxylic acid groups (broad SMARTS) is 1. The standard InChI is InChI=1S/C7H10N2O4S/c8-3-5-14(12,13)9-4-1-2-6(9)7(10)11/h6H,1-2,4-5H2,(H,10,11)/t6-/m0/s1. The molecule has 1 fully saturated rings. The molecule has 1 atom stereocenters. The minimum Gasteiger partial charge on any atom is -0.480 e. The van der Waals surface area contributed by atoms with Gasteiger partial charge in [-0.25, -0.2) is 8.42 Å². The molecule has 1 saturated heterocycles. The van der Waals surface area contributed by atoms with E-state index in [1.54, 1.807) is 0 Å². The zero-order valence-corrected chi connectivity index (χ0v) is 8.20. The molecular weight excluding hydrogens is 208 g/mol. The van der Waals surface area contributed by atoms with Crippen LogP contribution in [0.2, 0.25) is 0 Å². The number of nitriles is 1. The molecule has 6 nitrogen and oxygen atoms in total. The zero-order chi connectivity index (χ0) is 10.8. The lowest BCUT2D eigenvalue weighted by Gasteiger charge is -2.18. The van der Waals surface area contributed by atoms with Crippen LogP contribution in [0.3, 0.4) is 0 Å². The molecule has 0 aromatic heterocycles. The van der Waals surface area contributed by atoms with Gasteiger partial charge in [0.2, 0.25) is 10.0 Å². The number of carboxylic acids is 1. The number of hydrogen-bond acceptors (Lipinski definition) is 4. The van der Waals surface area contributed by atoms with Crippen LogP contribution in [0.25, 0.3) is 0 Å². The molecule has 1 rings (SSSR count). The quantitative estimate of drug-likeness (QED) is 0.681. The second-order valence-corrected chi connectivity index (χ2v) is 4.94. The van der Waals surface area contributed by atoms with Crippen molar-refractivity contribution < 1.29 is 18.3 Å². The summed E-state index contributed by atoms with van der Waals surface area (Å²) in [5, 5.41) is 17.0. The average molecular weight is 218 g/mol. The molecule has 0 aromatic carbocycles. The Balaban J connectivity index is 2.88. The van der Waals surface area contributed by atoms with Crippen molar-refractivity contribution in [1.82, 2.24) is 4.31 Å². The van der Waals surface area contributed by atoms with Crippen LogP contribution in [0.5, 0.6) is 0 Å². The summed E-state index contributed by atoms with van der Waals surface area (Å²) in [6.07, 6.45) is 0.849. The van der Waals surface area contributed by atoms with Crippen LogP contribution >= 0.6 is 0 Å². The molecule has 1 heterocycles. The summed E-state index contributed by atoms with van der Waals surface area (Å²) < 4.78 is 23.7. The van der Waals surface area contributed by atoms with Crippen LogP contribution in [-0.4, -0.2) is 42.1 Å². The molecular formula is C7H10N2O4S. The number of hydrogen-bond donors (Lipinski definition) is 1. The minimum atomic E-state index is -3.71. The van der Waals surface area contributed by atoms with Crippen LogP contribution in [0, 0.1) is 11.3 Å². The van der Waals surface area contributed by atoms with Gasteiger partial charge in [-0.1, -0.05) is 0 Å². The fourth-order valence-corrected chi connectivity index (χ4v) is 2.80. The molecule has 0 bridgehead atoms. The van der Waals surface area contributed by atoms with Crippen LogP contribution in [0.15, 0.2) is 0 Å². The summed E-state index contributed by atoms with van der Waals surface area (Å²) in [4.78, 5) is 10.7. The van der Waals surface area contributed by atoms with E-state index in [1.807, 2.05) is 0 Å². The van der Waals surface area contributed by atoms with Gasteiger partial charge < -0.3 is 5.11 Å². The van der Waals surface area contributed by atoms with Gasteiger partial charge in [0.25, 0.3) is 0 Å². The van der Waals surface area contributed by atoms with Crippen molar-refractivity contribution in [2.45, 2.75) is 18.9 Å². The molecule has 0 aromatic rings. The summed E-state index contributed by atoms with van der Waals surface area (Å²) in [6.45, 7) is 0.195. The Kier molecular flexibility index (Phi) is 3.08. The Bertz CT molecular complexity index is 370. The Hall–Kier alpha value is -1.13. The predicted octanol–water partition coefficient (Wildman–Crippen LogP) is -0.611. The Labute approximate surface area is 81.8 Å². The third kappa shape index (κ3) is 2.02.